The van der Waals surface area contributed by atoms with Crippen LogP contribution in [0.1, 0.15) is 35.8 Å². The fraction of sp³-hybridized carbons (Fsp3) is 0.333. The highest BCUT2D eigenvalue weighted by molar-refractivity contribution is 6.33. The van der Waals surface area contributed by atoms with Crippen molar-refractivity contribution in [3.8, 4) is 0 Å². The summed E-state index contributed by atoms with van der Waals surface area (Å²) in [4.78, 5) is 11.6. The third-order valence-electron chi connectivity index (χ3n) is 3.24. The maximum absolute atomic E-state index is 11.6. The van der Waals surface area contributed by atoms with E-state index < -0.39 is 0 Å². The van der Waals surface area contributed by atoms with Gasteiger partial charge in [0, 0.05) is 18.3 Å². The van der Waals surface area contributed by atoms with Crippen molar-refractivity contribution in [2.24, 2.45) is 0 Å². The molecule has 1 unspecified atom stereocenters. The lowest BCUT2D eigenvalue weighted by Gasteiger charge is -2.15. The molecule has 1 aromatic carbocycles. The molecule has 0 saturated carbocycles. The Morgan fingerprint density at radius 3 is 2.90 bits per heavy atom. The zero-order valence-corrected chi connectivity index (χ0v) is 13.0. The van der Waals surface area contributed by atoms with Crippen molar-refractivity contribution in [3.63, 3.8) is 0 Å². The van der Waals surface area contributed by atoms with Gasteiger partial charge in [-0.2, -0.15) is 5.10 Å². The van der Waals surface area contributed by atoms with Crippen molar-refractivity contribution in [2.75, 3.05) is 12.4 Å². The molecule has 2 aromatic rings. The molecule has 0 aliphatic carbocycles. The molecule has 21 heavy (non-hydrogen) atoms. The molecule has 1 N–H and O–H groups in total. The minimum atomic E-state index is -0.388. The van der Waals surface area contributed by atoms with E-state index in [1.54, 1.807) is 18.2 Å². The van der Waals surface area contributed by atoms with Gasteiger partial charge in [0.05, 0.1) is 35.6 Å². The molecule has 6 heteroatoms. The van der Waals surface area contributed by atoms with Crippen LogP contribution < -0.4 is 5.32 Å². The molecule has 2 rings (SSSR count). The summed E-state index contributed by atoms with van der Waals surface area (Å²) in [5.41, 5.74) is 2.20. The highest BCUT2D eigenvalue weighted by Crippen LogP contribution is 2.27. The first-order valence-corrected chi connectivity index (χ1v) is 7.09. The first-order valence-electron chi connectivity index (χ1n) is 6.72. The van der Waals surface area contributed by atoms with E-state index in [4.69, 9.17) is 16.3 Å². The summed E-state index contributed by atoms with van der Waals surface area (Å²) >= 11 is 6.17. The molecule has 0 aliphatic heterocycles. The van der Waals surface area contributed by atoms with E-state index in [0.717, 1.165) is 12.1 Å². The van der Waals surface area contributed by atoms with Gasteiger partial charge in [0.1, 0.15) is 0 Å². The van der Waals surface area contributed by atoms with Crippen LogP contribution in [0.5, 0.6) is 0 Å². The Morgan fingerprint density at radius 2 is 2.29 bits per heavy atom. The number of halogens is 1. The minimum Gasteiger partial charge on any atom is -0.465 e. The monoisotopic (exact) mass is 307 g/mol. The number of aryl methyl sites for hydroxylation is 1. The second-order valence-electron chi connectivity index (χ2n) is 4.68. The zero-order chi connectivity index (χ0) is 15.4. The first-order chi connectivity index (χ1) is 10.0. The van der Waals surface area contributed by atoms with Gasteiger partial charge in [-0.1, -0.05) is 11.6 Å². The summed E-state index contributed by atoms with van der Waals surface area (Å²) in [6.45, 7) is 4.87. The van der Waals surface area contributed by atoms with Crippen LogP contribution in [0.3, 0.4) is 0 Å². The Balaban J connectivity index is 2.19. The molecule has 5 nitrogen and oxygen atoms in total. The Kier molecular flexibility index (Phi) is 4.85. The standard InChI is InChI=1S/C15H18ClN3O2/c1-4-19-9-12(8-17-19)10(2)18-14-7-11(15(20)21-3)5-6-13(14)16/h5-10,18H,4H2,1-3H3. The zero-order valence-electron chi connectivity index (χ0n) is 12.3. The summed E-state index contributed by atoms with van der Waals surface area (Å²) in [6, 6.07) is 5.03. The van der Waals surface area contributed by atoms with Gasteiger partial charge < -0.3 is 10.1 Å². The van der Waals surface area contributed by atoms with Crippen LogP contribution >= 0.6 is 11.6 Å². The van der Waals surface area contributed by atoms with Crippen LogP contribution in [0, 0.1) is 0 Å². The topological polar surface area (TPSA) is 56.2 Å². The lowest BCUT2D eigenvalue weighted by Crippen LogP contribution is -2.08. The van der Waals surface area contributed by atoms with E-state index in [1.165, 1.54) is 7.11 Å². The highest BCUT2D eigenvalue weighted by Gasteiger charge is 2.13. The molecule has 0 spiro atoms. The number of ether oxygens (including phenoxy) is 1. The largest absolute Gasteiger partial charge is 0.465 e. The van der Waals surface area contributed by atoms with Crippen LogP contribution in [0.25, 0.3) is 0 Å². The third-order valence-corrected chi connectivity index (χ3v) is 3.57. The van der Waals surface area contributed by atoms with E-state index in [0.29, 0.717) is 16.3 Å². The molecule has 1 aromatic heterocycles. The van der Waals surface area contributed by atoms with E-state index in [9.17, 15) is 4.79 Å². The molecular formula is C15H18ClN3O2. The molecule has 1 atom stereocenters. The maximum Gasteiger partial charge on any atom is 0.337 e. The Morgan fingerprint density at radius 1 is 1.52 bits per heavy atom. The molecule has 0 amide bonds. The number of nitrogens with one attached hydrogen (secondary N) is 1. The van der Waals surface area contributed by atoms with Gasteiger partial charge in [0.15, 0.2) is 0 Å². The number of hydrogen-bond donors (Lipinski definition) is 1. The molecule has 0 radical (unpaired) electrons. The summed E-state index contributed by atoms with van der Waals surface area (Å²) in [7, 11) is 1.35. The van der Waals surface area contributed by atoms with Crippen LogP contribution in [0.2, 0.25) is 5.02 Å². The normalized spacial score (nSPS) is 12.0. The number of benzene rings is 1. The number of rotatable bonds is 5. The van der Waals surface area contributed by atoms with E-state index >= 15 is 0 Å². The number of esters is 1. The van der Waals surface area contributed by atoms with Gasteiger partial charge >= 0.3 is 5.97 Å². The molecular weight excluding hydrogens is 290 g/mol. The van der Waals surface area contributed by atoms with E-state index in [-0.39, 0.29) is 12.0 Å². The summed E-state index contributed by atoms with van der Waals surface area (Å²) < 4.78 is 6.58. The molecule has 112 valence electrons. The summed E-state index contributed by atoms with van der Waals surface area (Å²) in [5, 5.41) is 8.09. The predicted molar refractivity (Wildman–Crippen MR) is 82.7 cm³/mol. The molecule has 0 saturated heterocycles. The van der Waals surface area contributed by atoms with Gasteiger partial charge in [-0.25, -0.2) is 4.79 Å². The average molecular weight is 308 g/mol. The number of methoxy groups -OCH3 is 1. The fourth-order valence-electron chi connectivity index (χ4n) is 1.97. The maximum atomic E-state index is 11.6. The SMILES string of the molecule is CCn1cc(C(C)Nc2cc(C(=O)OC)ccc2Cl)cn1. The quantitative estimate of drug-likeness (QED) is 0.859. The van der Waals surface area contributed by atoms with E-state index in [2.05, 4.69) is 10.4 Å². The van der Waals surface area contributed by atoms with Crippen molar-refractivity contribution >= 4 is 23.3 Å². The lowest BCUT2D eigenvalue weighted by atomic mass is 10.1. The van der Waals surface area contributed by atoms with Crippen LogP contribution in [-0.2, 0) is 11.3 Å². The van der Waals surface area contributed by atoms with Gasteiger partial charge in [0.25, 0.3) is 0 Å². The van der Waals surface area contributed by atoms with Gasteiger partial charge in [-0.15, -0.1) is 0 Å². The Bertz CT molecular complexity index is 640. The number of carbonyl (C=O) groups is 1. The lowest BCUT2D eigenvalue weighted by molar-refractivity contribution is 0.0601. The number of anilines is 1. The molecule has 0 aliphatic rings. The summed E-state index contributed by atoms with van der Waals surface area (Å²) in [5.74, 6) is -0.388. The van der Waals surface area contributed by atoms with Crippen LogP contribution in [0.15, 0.2) is 30.6 Å². The highest BCUT2D eigenvalue weighted by atomic mass is 35.5. The number of nitrogens with zero attached hydrogens (tertiary/aromatic N) is 2. The van der Waals surface area contributed by atoms with Crippen LogP contribution in [-0.4, -0.2) is 22.9 Å². The van der Waals surface area contributed by atoms with Crippen molar-refractivity contribution in [3.05, 3.63) is 46.7 Å². The number of carbonyl (C=O) groups excluding carboxylic acids is 1. The average Bonchev–Trinajstić information content (AvgIpc) is 2.97. The number of aromatic nitrogens is 2. The first kappa shape index (κ1) is 15.4. The minimum absolute atomic E-state index is 0.0238. The van der Waals surface area contributed by atoms with Crippen molar-refractivity contribution < 1.29 is 9.53 Å². The Labute approximate surface area is 128 Å². The second kappa shape index (κ2) is 6.63. The second-order valence-corrected chi connectivity index (χ2v) is 5.09. The number of hydrogen-bond acceptors (Lipinski definition) is 4. The van der Waals surface area contributed by atoms with Gasteiger partial charge in [-0.3, -0.25) is 4.68 Å². The molecule has 0 fully saturated rings. The van der Waals surface area contributed by atoms with Crippen LogP contribution in [0.4, 0.5) is 5.69 Å². The van der Waals surface area contributed by atoms with E-state index in [1.807, 2.05) is 30.9 Å². The van der Waals surface area contributed by atoms with Crippen molar-refractivity contribution in [1.29, 1.82) is 0 Å². The smallest absolute Gasteiger partial charge is 0.337 e. The van der Waals surface area contributed by atoms with Crippen molar-refractivity contribution in [2.45, 2.75) is 26.4 Å². The van der Waals surface area contributed by atoms with Gasteiger partial charge in [0.2, 0.25) is 0 Å². The summed E-state index contributed by atoms with van der Waals surface area (Å²) in [6.07, 6.45) is 3.80. The molecule has 1 heterocycles. The Hall–Kier alpha value is -2.01. The molecule has 0 bridgehead atoms. The van der Waals surface area contributed by atoms with Crippen molar-refractivity contribution in [1.82, 2.24) is 9.78 Å². The van der Waals surface area contributed by atoms with Gasteiger partial charge in [-0.05, 0) is 32.0 Å². The fourth-order valence-corrected chi connectivity index (χ4v) is 2.15. The predicted octanol–water partition coefficient (Wildman–Crippen LogP) is 3.52. The third kappa shape index (κ3) is 3.55.